The molecule has 1 N–H and O–H groups in total. The van der Waals surface area contributed by atoms with Gasteiger partial charge in [0.1, 0.15) is 11.5 Å². The van der Waals surface area contributed by atoms with Crippen molar-refractivity contribution in [1.29, 1.82) is 0 Å². The first-order valence-electron chi connectivity index (χ1n) is 9.23. The van der Waals surface area contributed by atoms with Crippen LogP contribution in [-0.2, 0) is 11.3 Å². The molecule has 2 atom stereocenters. The van der Waals surface area contributed by atoms with Gasteiger partial charge in [0.15, 0.2) is 5.82 Å². The van der Waals surface area contributed by atoms with Crippen molar-refractivity contribution in [1.82, 2.24) is 30.0 Å². The molecule has 0 bridgehead atoms. The number of aromatic nitrogens is 5. The van der Waals surface area contributed by atoms with Crippen molar-refractivity contribution in [2.45, 2.75) is 39.0 Å². The number of carbonyl (C=O) groups excluding carboxylic acids is 1. The number of aromatic amines is 1. The van der Waals surface area contributed by atoms with E-state index in [1.807, 2.05) is 19.1 Å². The maximum absolute atomic E-state index is 13.0. The number of nitrogens with one attached hydrogen (secondary N) is 1. The molecule has 1 saturated heterocycles. The first-order chi connectivity index (χ1) is 13.6. The Morgan fingerprint density at radius 2 is 2.21 bits per heavy atom. The number of nitrogens with zero attached hydrogens (tertiary/aromatic N) is 5. The molecule has 1 aliphatic rings. The number of amides is 1. The minimum atomic E-state index is -0.262. The van der Waals surface area contributed by atoms with Gasteiger partial charge in [0.25, 0.3) is 5.91 Å². The second-order valence-corrected chi connectivity index (χ2v) is 7.00. The highest BCUT2D eigenvalue weighted by Crippen LogP contribution is 2.33. The lowest BCUT2D eigenvalue weighted by atomic mass is 10.1. The Kier molecular flexibility index (Phi) is 5.12. The molecule has 0 saturated carbocycles. The number of H-pyrrole nitrogens is 1. The number of carbonyl (C=O) groups is 1. The van der Waals surface area contributed by atoms with Crippen LogP contribution >= 0.6 is 0 Å². The monoisotopic (exact) mass is 378 g/mol. The smallest absolute Gasteiger partial charge is 0.274 e. The molecule has 1 aliphatic heterocycles. The number of ether oxygens (including phenoxy) is 1. The predicted octanol–water partition coefficient (Wildman–Crippen LogP) is 2.38. The van der Waals surface area contributed by atoms with Crippen molar-refractivity contribution < 1.29 is 9.53 Å². The Balaban J connectivity index is 1.52. The molecule has 2 aromatic heterocycles. The highest BCUT2D eigenvalue weighted by Gasteiger charge is 2.39. The number of hydrogen-bond donors (Lipinski definition) is 1. The van der Waals surface area contributed by atoms with E-state index in [0.717, 1.165) is 5.56 Å². The van der Waals surface area contributed by atoms with Gasteiger partial charge in [-0.3, -0.25) is 14.9 Å². The Morgan fingerprint density at radius 3 is 2.93 bits per heavy atom. The summed E-state index contributed by atoms with van der Waals surface area (Å²) in [5, 5.41) is 7.12. The van der Waals surface area contributed by atoms with Gasteiger partial charge in [-0.05, 0) is 19.4 Å². The molecule has 3 aromatic rings. The lowest BCUT2D eigenvalue weighted by molar-refractivity contribution is 0.0435. The second kappa shape index (κ2) is 7.85. The van der Waals surface area contributed by atoms with Gasteiger partial charge in [-0.1, -0.05) is 29.8 Å². The van der Waals surface area contributed by atoms with Crippen LogP contribution in [0.15, 0.2) is 42.9 Å². The molecule has 4 rings (SSSR count). The summed E-state index contributed by atoms with van der Waals surface area (Å²) in [4.78, 5) is 27.3. The van der Waals surface area contributed by atoms with Gasteiger partial charge in [0.05, 0.1) is 24.9 Å². The Morgan fingerprint density at radius 1 is 1.32 bits per heavy atom. The van der Waals surface area contributed by atoms with E-state index in [9.17, 15) is 4.79 Å². The zero-order valence-electron chi connectivity index (χ0n) is 15.9. The molecule has 0 spiro atoms. The van der Waals surface area contributed by atoms with Crippen molar-refractivity contribution in [3.05, 3.63) is 71.3 Å². The van der Waals surface area contributed by atoms with Crippen molar-refractivity contribution in [2.24, 2.45) is 0 Å². The summed E-state index contributed by atoms with van der Waals surface area (Å²) in [6.45, 7) is 4.85. The quantitative estimate of drug-likeness (QED) is 0.732. The van der Waals surface area contributed by atoms with Gasteiger partial charge in [-0.25, -0.2) is 9.97 Å². The molecule has 0 aliphatic carbocycles. The SMILES string of the molecule is Cc1cccc(CO[C@H]2C[C@@H](c3n[nH]c(C)n3)N(C(=O)c3cnccn3)C2)c1. The Labute approximate surface area is 163 Å². The van der Waals surface area contributed by atoms with Crippen LogP contribution in [0.5, 0.6) is 0 Å². The largest absolute Gasteiger partial charge is 0.372 e. The number of rotatable bonds is 5. The zero-order chi connectivity index (χ0) is 19.5. The number of hydrogen-bond acceptors (Lipinski definition) is 6. The molecule has 8 nitrogen and oxygen atoms in total. The van der Waals surface area contributed by atoms with Crippen LogP contribution in [0.2, 0.25) is 0 Å². The van der Waals surface area contributed by atoms with E-state index in [1.54, 1.807) is 11.1 Å². The lowest BCUT2D eigenvalue weighted by Gasteiger charge is -2.21. The lowest BCUT2D eigenvalue weighted by Crippen LogP contribution is -2.33. The van der Waals surface area contributed by atoms with Crippen molar-refractivity contribution in [3.8, 4) is 0 Å². The summed E-state index contributed by atoms with van der Waals surface area (Å²) in [5.41, 5.74) is 2.61. The molecule has 1 amide bonds. The molecular weight excluding hydrogens is 356 g/mol. The van der Waals surface area contributed by atoms with E-state index in [1.165, 1.54) is 18.0 Å². The van der Waals surface area contributed by atoms with Crippen LogP contribution in [0.4, 0.5) is 0 Å². The fourth-order valence-electron chi connectivity index (χ4n) is 3.47. The van der Waals surface area contributed by atoms with E-state index in [4.69, 9.17) is 4.74 Å². The molecule has 0 unspecified atom stereocenters. The van der Waals surface area contributed by atoms with E-state index in [2.05, 4.69) is 44.2 Å². The minimum absolute atomic E-state index is 0.107. The standard InChI is InChI=1S/C20H22N6O2/c1-13-4-3-5-15(8-13)12-28-16-9-18(19-23-14(2)24-25-19)26(11-16)20(27)17-10-21-6-7-22-17/h3-8,10,16,18H,9,11-12H2,1-2H3,(H,23,24,25)/t16-,18-/m0/s1. The highest BCUT2D eigenvalue weighted by molar-refractivity contribution is 5.92. The van der Waals surface area contributed by atoms with Crippen molar-refractivity contribution >= 4 is 5.91 Å². The zero-order valence-corrected chi connectivity index (χ0v) is 15.9. The van der Waals surface area contributed by atoms with Crippen molar-refractivity contribution in [2.75, 3.05) is 6.54 Å². The summed E-state index contributed by atoms with van der Waals surface area (Å²) in [5.74, 6) is 1.12. The second-order valence-electron chi connectivity index (χ2n) is 7.00. The molecule has 28 heavy (non-hydrogen) atoms. The normalized spacial score (nSPS) is 19.1. The molecule has 3 heterocycles. The van der Waals surface area contributed by atoms with Crippen LogP contribution in [-0.4, -0.2) is 48.6 Å². The van der Waals surface area contributed by atoms with Crippen LogP contribution in [0.3, 0.4) is 0 Å². The van der Waals surface area contributed by atoms with Crippen LogP contribution in [0.25, 0.3) is 0 Å². The fourth-order valence-corrected chi connectivity index (χ4v) is 3.47. The van der Waals surface area contributed by atoms with Gasteiger partial charge in [-0.15, -0.1) is 0 Å². The molecule has 8 heteroatoms. The number of aryl methyl sites for hydroxylation is 2. The van der Waals surface area contributed by atoms with E-state index < -0.39 is 0 Å². The maximum atomic E-state index is 13.0. The molecule has 1 fully saturated rings. The third kappa shape index (κ3) is 3.91. The fraction of sp³-hybridized carbons (Fsp3) is 0.350. The summed E-state index contributed by atoms with van der Waals surface area (Å²) in [6.07, 6.45) is 5.06. The van der Waals surface area contributed by atoms with Gasteiger partial charge in [0, 0.05) is 25.4 Å². The maximum Gasteiger partial charge on any atom is 0.274 e. The predicted molar refractivity (Wildman–Crippen MR) is 101 cm³/mol. The summed E-state index contributed by atoms with van der Waals surface area (Å²) in [7, 11) is 0. The molecule has 0 radical (unpaired) electrons. The topological polar surface area (TPSA) is 96.9 Å². The molecular formula is C20H22N6O2. The van der Waals surface area contributed by atoms with E-state index in [0.29, 0.717) is 36.9 Å². The highest BCUT2D eigenvalue weighted by atomic mass is 16.5. The third-order valence-electron chi connectivity index (χ3n) is 4.79. The minimum Gasteiger partial charge on any atom is -0.372 e. The summed E-state index contributed by atoms with van der Waals surface area (Å²) < 4.78 is 6.12. The molecule has 1 aromatic carbocycles. The molecule has 144 valence electrons. The van der Waals surface area contributed by atoms with Crippen LogP contribution in [0, 0.1) is 13.8 Å². The van der Waals surface area contributed by atoms with Gasteiger partial charge in [0.2, 0.25) is 0 Å². The van der Waals surface area contributed by atoms with E-state index in [-0.39, 0.29) is 18.1 Å². The average molecular weight is 378 g/mol. The average Bonchev–Trinajstić information content (AvgIpc) is 3.33. The summed E-state index contributed by atoms with van der Waals surface area (Å²) >= 11 is 0. The van der Waals surface area contributed by atoms with Gasteiger partial charge in [-0.2, -0.15) is 5.10 Å². The van der Waals surface area contributed by atoms with E-state index >= 15 is 0 Å². The Hall–Kier alpha value is -3.13. The first kappa shape index (κ1) is 18.2. The van der Waals surface area contributed by atoms with Crippen molar-refractivity contribution in [3.63, 3.8) is 0 Å². The number of benzene rings is 1. The summed E-state index contributed by atoms with van der Waals surface area (Å²) in [6, 6.07) is 7.96. The van der Waals surface area contributed by atoms with Crippen LogP contribution < -0.4 is 0 Å². The number of likely N-dealkylation sites (tertiary alicyclic amines) is 1. The van der Waals surface area contributed by atoms with Gasteiger partial charge < -0.3 is 9.64 Å². The van der Waals surface area contributed by atoms with Gasteiger partial charge >= 0.3 is 0 Å². The Bertz CT molecular complexity index is 958. The van der Waals surface area contributed by atoms with Crippen LogP contribution in [0.1, 0.15) is 45.7 Å². The first-order valence-corrected chi connectivity index (χ1v) is 9.23. The third-order valence-corrected chi connectivity index (χ3v) is 4.79.